The average Bonchev–Trinajstić information content (AvgIpc) is 2.76. The van der Waals surface area contributed by atoms with E-state index >= 15 is 0 Å². The third-order valence-electron chi connectivity index (χ3n) is 4.67. The summed E-state index contributed by atoms with van der Waals surface area (Å²) in [6.45, 7) is 3.52. The lowest BCUT2D eigenvalue weighted by molar-refractivity contribution is 0.410. The molecule has 0 radical (unpaired) electrons. The molecule has 0 aromatic carbocycles. The topological polar surface area (TPSA) is 89.3 Å². The predicted octanol–water partition coefficient (Wildman–Crippen LogP) is 0.812. The summed E-state index contributed by atoms with van der Waals surface area (Å²) in [5.74, 6) is 2.13. The number of hydrogen-bond acceptors (Lipinski definition) is 8. The van der Waals surface area contributed by atoms with E-state index in [1.54, 1.807) is 44.0 Å². The van der Waals surface area contributed by atoms with Crippen molar-refractivity contribution in [1.82, 2.24) is 24.7 Å². The normalized spacial score (nSPS) is 14.2. The van der Waals surface area contributed by atoms with Crippen molar-refractivity contribution in [3.8, 4) is 5.75 Å². The number of ether oxygens (including phenoxy) is 1. The molecular weight excluding hydrogens is 358 g/mol. The third-order valence-corrected chi connectivity index (χ3v) is 4.67. The summed E-state index contributed by atoms with van der Waals surface area (Å²) in [6, 6.07) is 7.12. The summed E-state index contributed by atoms with van der Waals surface area (Å²) < 4.78 is 6.59. The van der Waals surface area contributed by atoms with Crippen LogP contribution in [0, 0.1) is 0 Å². The molecule has 0 aliphatic carbocycles. The zero-order valence-electron chi connectivity index (χ0n) is 15.6. The van der Waals surface area contributed by atoms with Crippen LogP contribution in [-0.2, 0) is 6.54 Å². The first-order valence-electron chi connectivity index (χ1n) is 9.06. The highest BCUT2D eigenvalue weighted by atomic mass is 16.5. The van der Waals surface area contributed by atoms with Crippen LogP contribution in [0.4, 0.5) is 11.8 Å². The number of pyridine rings is 1. The molecule has 4 heterocycles. The van der Waals surface area contributed by atoms with Gasteiger partial charge in [-0.3, -0.25) is 9.78 Å². The van der Waals surface area contributed by atoms with Crippen LogP contribution < -0.4 is 20.1 Å². The van der Waals surface area contributed by atoms with E-state index in [2.05, 4.69) is 29.9 Å². The van der Waals surface area contributed by atoms with Crippen LogP contribution in [0.3, 0.4) is 0 Å². The molecule has 9 heteroatoms. The zero-order valence-corrected chi connectivity index (χ0v) is 15.6. The Morgan fingerprint density at radius 1 is 0.964 bits per heavy atom. The summed E-state index contributed by atoms with van der Waals surface area (Å²) in [6.07, 6.45) is 6.77. The standard InChI is InChI=1S/C19H21N7O2/c1-28-16-12-21-19(22-13-16)25-10-8-24(9-11-25)17-2-3-18(27)26(23-17)14-15-4-6-20-7-5-15/h2-7,12-13H,8-11,14H2,1H3. The first-order valence-corrected chi connectivity index (χ1v) is 9.06. The lowest BCUT2D eigenvalue weighted by Crippen LogP contribution is -2.47. The summed E-state index contributed by atoms with van der Waals surface area (Å²) in [4.78, 5) is 29.2. The van der Waals surface area contributed by atoms with Gasteiger partial charge < -0.3 is 14.5 Å². The molecule has 0 bridgehead atoms. The Hall–Kier alpha value is -3.49. The molecular formula is C19H21N7O2. The van der Waals surface area contributed by atoms with Crippen LogP contribution in [0.2, 0.25) is 0 Å². The van der Waals surface area contributed by atoms with E-state index in [1.807, 2.05) is 12.1 Å². The molecule has 0 unspecified atom stereocenters. The number of methoxy groups -OCH3 is 1. The largest absolute Gasteiger partial charge is 0.494 e. The quantitative estimate of drug-likeness (QED) is 0.644. The molecule has 1 saturated heterocycles. The SMILES string of the molecule is COc1cnc(N2CCN(c3ccc(=O)n(Cc4ccncc4)n3)CC2)nc1. The molecule has 1 aliphatic rings. The van der Waals surface area contributed by atoms with Gasteiger partial charge in [0, 0.05) is 44.6 Å². The number of piperazine rings is 1. The minimum absolute atomic E-state index is 0.120. The molecule has 1 aliphatic heterocycles. The first kappa shape index (κ1) is 17.9. The van der Waals surface area contributed by atoms with E-state index in [4.69, 9.17) is 4.74 Å². The van der Waals surface area contributed by atoms with Crippen molar-refractivity contribution >= 4 is 11.8 Å². The molecule has 9 nitrogen and oxygen atoms in total. The van der Waals surface area contributed by atoms with Crippen molar-refractivity contribution in [1.29, 1.82) is 0 Å². The maximum Gasteiger partial charge on any atom is 0.267 e. The van der Waals surface area contributed by atoms with Crippen LogP contribution in [0.5, 0.6) is 5.75 Å². The molecule has 28 heavy (non-hydrogen) atoms. The van der Waals surface area contributed by atoms with E-state index in [1.165, 1.54) is 4.68 Å². The summed E-state index contributed by atoms with van der Waals surface area (Å²) in [7, 11) is 1.60. The third kappa shape index (κ3) is 3.93. The molecule has 0 saturated carbocycles. The van der Waals surface area contributed by atoms with E-state index in [9.17, 15) is 4.79 Å². The van der Waals surface area contributed by atoms with E-state index in [0.717, 1.165) is 37.6 Å². The Labute approximate surface area is 162 Å². The van der Waals surface area contributed by atoms with Gasteiger partial charge in [-0.25, -0.2) is 14.6 Å². The fourth-order valence-corrected chi connectivity index (χ4v) is 3.09. The summed E-state index contributed by atoms with van der Waals surface area (Å²) in [5, 5.41) is 4.56. The van der Waals surface area contributed by atoms with Crippen molar-refractivity contribution in [3.63, 3.8) is 0 Å². The Balaban J connectivity index is 1.44. The van der Waals surface area contributed by atoms with Gasteiger partial charge in [-0.15, -0.1) is 0 Å². The summed E-state index contributed by atoms with van der Waals surface area (Å²) in [5.41, 5.74) is 0.869. The van der Waals surface area contributed by atoms with Gasteiger partial charge in [0.1, 0.15) is 5.82 Å². The van der Waals surface area contributed by atoms with Gasteiger partial charge in [0.25, 0.3) is 5.56 Å². The van der Waals surface area contributed by atoms with E-state index < -0.39 is 0 Å². The van der Waals surface area contributed by atoms with Gasteiger partial charge in [-0.1, -0.05) is 0 Å². The van der Waals surface area contributed by atoms with Crippen molar-refractivity contribution in [2.24, 2.45) is 0 Å². The molecule has 0 atom stereocenters. The monoisotopic (exact) mass is 379 g/mol. The summed E-state index contributed by atoms with van der Waals surface area (Å²) >= 11 is 0. The van der Waals surface area contributed by atoms with Gasteiger partial charge in [-0.05, 0) is 23.8 Å². The van der Waals surface area contributed by atoms with Crippen LogP contribution in [0.15, 0.2) is 53.8 Å². The minimum atomic E-state index is -0.120. The van der Waals surface area contributed by atoms with Crippen LogP contribution in [-0.4, -0.2) is 58.0 Å². The van der Waals surface area contributed by atoms with Gasteiger partial charge >= 0.3 is 0 Å². The maximum atomic E-state index is 12.2. The Morgan fingerprint density at radius 2 is 1.64 bits per heavy atom. The second-order valence-electron chi connectivity index (χ2n) is 6.44. The lowest BCUT2D eigenvalue weighted by Gasteiger charge is -2.35. The first-order chi connectivity index (χ1) is 13.7. The van der Waals surface area contributed by atoms with Gasteiger partial charge in [0.2, 0.25) is 5.95 Å². The predicted molar refractivity (Wildman–Crippen MR) is 105 cm³/mol. The Bertz CT molecular complexity index is 968. The molecule has 0 N–H and O–H groups in total. The molecule has 144 valence electrons. The highest BCUT2D eigenvalue weighted by Gasteiger charge is 2.20. The molecule has 0 amide bonds. The minimum Gasteiger partial charge on any atom is -0.494 e. The van der Waals surface area contributed by atoms with Crippen LogP contribution in [0.1, 0.15) is 5.56 Å². The fraction of sp³-hybridized carbons (Fsp3) is 0.316. The highest BCUT2D eigenvalue weighted by molar-refractivity contribution is 5.41. The molecule has 0 spiro atoms. The van der Waals surface area contributed by atoms with Crippen LogP contribution in [0.25, 0.3) is 0 Å². The molecule has 1 fully saturated rings. The second-order valence-corrected chi connectivity index (χ2v) is 6.44. The van der Waals surface area contributed by atoms with Crippen molar-refractivity contribution in [2.75, 3.05) is 43.1 Å². The molecule has 3 aromatic heterocycles. The Kier molecular flexibility index (Phi) is 5.14. The number of nitrogens with zero attached hydrogens (tertiary/aromatic N) is 7. The highest BCUT2D eigenvalue weighted by Crippen LogP contribution is 2.16. The van der Waals surface area contributed by atoms with Gasteiger partial charge in [-0.2, -0.15) is 5.10 Å². The molecule has 4 rings (SSSR count). The number of hydrogen-bond donors (Lipinski definition) is 0. The Morgan fingerprint density at radius 3 is 2.32 bits per heavy atom. The fourth-order valence-electron chi connectivity index (χ4n) is 3.09. The van der Waals surface area contributed by atoms with Crippen molar-refractivity contribution in [2.45, 2.75) is 6.54 Å². The number of rotatable bonds is 5. The smallest absolute Gasteiger partial charge is 0.267 e. The molecule has 3 aromatic rings. The lowest BCUT2D eigenvalue weighted by atomic mass is 10.3. The maximum absolute atomic E-state index is 12.2. The number of anilines is 2. The van der Waals surface area contributed by atoms with Crippen molar-refractivity contribution in [3.05, 3.63) is 65.0 Å². The van der Waals surface area contributed by atoms with Gasteiger partial charge in [0.05, 0.1) is 26.0 Å². The average molecular weight is 379 g/mol. The van der Waals surface area contributed by atoms with Crippen molar-refractivity contribution < 1.29 is 4.74 Å². The van der Waals surface area contributed by atoms with E-state index in [0.29, 0.717) is 18.2 Å². The second kappa shape index (κ2) is 8.03. The number of aromatic nitrogens is 5. The van der Waals surface area contributed by atoms with E-state index in [-0.39, 0.29) is 5.56 Å². The van der Waals surface area contributed by atoms with Crippen LogP contribution >= 0.6 is 0 Å². The van der Waals surface area contributed by atoms with Gasteiger partial charge in [0.15, 0.2) is 5.75 Å². The zero-order chi connectivity index (χ0) is 19.3.